The molecule has 2 rings (SSSR count). The number of benzene rings is 2. The molecule has 1 atom stereocenters. The van der Waals surface area contributed by atoms with Gasteiger partial charge in [-0.25, -0.2) is 9.18 Å². The van der Waals surface area contributed by atoms with Crippen LogP contribution < -0.4 is 0 Å². The Balaban J connectivity index is 2.24. The molecule has 5 heteroatoms. The van der Waals surface area contributed by atoms with Crippen molar-refractivity contribution in [3.05, 3.63) is 71.0 Å². The summed E-state index contributed by atoms with van der Waals surface area (Å²) in [5.74, 6) is -3.26. The van der Waals surface area contributed by atoms with E-state index in [4.69, 9.17) is 5.11 Å². The van der Waals surface area contributed by atoms with E-state index in [-0.39, 0.29) is 17.8 Å². The minimum Gasteiger partial charge on any atom is -0.481 e. The first-order chi connectivity index (χ1) is 9.97. The lowest BCUT2D eigenvalue weighted by Crippen LogP contribution is -2.14. The Morgan fingerprint density at radius 3 is 2.00 bits per heavy atom. The zero-order valence-electron chi connectivity index (χ0n) is 11.0. The molecule has 21 heavy (non-hydrogen) atoms. The van der Waals surface area contributed by atoms with Gasteiger partial charge in [-0.2, -0.15) is 0 Å². The van der Waals surface area contributed by atoms with Gasteiger partial charge >= 0.3 is 11.9 Å². The molecule has 0 heterocycles. The molecule has 2 N–H and O–H groups in total. The SMILES string of the molecule is O=C(O)c1ccc(C(Cc2ccc(F)cc2)C(=O)O)cc1. The molecule has 2 aromatic carbocycles. The summed E-state index contributed by atoms with van der Waals surface area (Å²) in [6.45, 7) is 0. The largest absolute Gasteiger partial charge is 0.481 e. The van der Waals surface area contributed by atoms with Gasteiger partial charge in [0.05, 0.1) is 11.5 Å². The predicted molar refractivity (Wildman–Crippen MR) is 73.9 cm³/mol. The van der Waals surface area contributed by atoms with Gasteiger partial charge in [-0.1, -0.05) is 24.3 Å². The number of carboxylic acid groups (broad SMARTS) is 2. The number of aliphatic carboxylic acids is 1. The molecule has 1 unspecified atom stereocenters. The van der Waals surface area contributed by atoms with Crippen molar-refractivity contribution in [3.63, 3.8) is 0 Å². The van der Waals surface area contributed by atoms with Gasteiger partial charge in [0.2, 0.25) is 0 Å². The monoisotopic (exact) mass is 288 g/mol. The fraction of sp³-hybridized carbons (Fsp3) is 0.125. The van der Waals surface area contributed by atoms with Crippen LogP contribution in [0.5, 0.6) is 0 Å². The van der Waals surface area contributed by atoms with Crippen LogP contribution in [-0.2, 0) is 11.2 Å². The summed E-state index contributed by atoms with van der Waals surface area (Å²) in [6.07, 6.45) is 0.210. The van der Waals surface area contributed by atoms with E-state index in [0.29, 0.717) is 11.1 Å². The van der Waals surface area contributed by atoms with Crippen LogP contribution in [0.2, 0.25) is 0 Å². The Hall–Kier alpha value is -2.69. The van der Waals surface area contributed by atoms with Crippen LogP contribution in [0.3, 0.4) is 0 Å². The fourth-order valence-electron chi connectivity index (χ4n) is 2.06. The van der Waals surface area contributed by atoms with Crippen LogP contribution in [-0.4, -0.2) is 22.2 Å². The number of carbonyl (C=O) groups is 2. The molecule has 0 saturated heterocycles. The van der Waals surface area contributed by atoms with Crippen molar-refractivity contribution >= 4 is 11.9 Å². The van der Waals surface area contributed by atoms with Gasteiger partial charge in [-0.05, 0) is 41.8 Å². The smallest absolute Gasteiger partial charge is 0.335 e. The second kappa shape index (κ2) is 6.17. The maximum atomic E-state index is 12.9. The fourth-order valence-corrected chi connectivity index (χ4v) is 2.06. The topological polar surface area (TPSA) is 74.6 Å². The molecule has 108 valence electrons. The van der Waals surface area contributed by atoms with Crippen molar-refractivity contribution < 1.29 is 24.2 Å². The highest BCUT2D eigenvalue weighted by atomic mass is 19.1. The molecule has 0 aliphatic rings. The van der Waals surface area contributed by atoms with Crippen molar-refractivity contribution in [1.29, 1.82) is 0 Å². The maximum absolute atomic E-state index is 12.9. The van der Waals surface area contributed by atoms with E-state index in [2.05, 4.69) is 0 Å². The number of aromatic carboxylic acids is 1. The summed E-state index contributed by atoms with van der Waals surface area (Å²) in [6, 6.07) is 11.4. The highest BCUT2D eigenvalue weighted by Crippen LogP contribution is 2.22. The van der Waals surface area contributed by atoms with Gasteiger partial charge in [0.1, 0.15) is 5.82 Å². The molecule has 2 aromatic rings. The van der Waals surface area contributed by atoms with E-state index in [0.717, 1.165) is 0 Å². The normalized spacial score (nSPS) is 11.9. The minimum atomic E-state index is -1.06. The molecular weight excluding hydrogens is 275 g/mol. The van der Waals surface area contributed by atoms with Gasteiger partial charge in [0, 0.05) is 0 Å². The molecule has 0 spiro atoms. The first-order valence-corrected chi connectivity index (χ1v) is 6.28. The molecule has 0 aliphatic heterocycles. The molecule has 0 aromatic heterocycles. The van der Waals surface area contributed by atoms with Gasteiger partial charge in [-0.15, -0.1) is 0 Å². The molecule has 4 nitrogen and oxygen atoms in total. The highest BCUT2D eigenvalue weighted by molar-refractivity contribution is 5.87. The Labute approximate surface area is 120 Å². The summed E-state index contributed by atoms with van der Waals surface area (Å²) < 4.78 is 12.9. The Kier molecular flexibility index (Phi) is 4.33. The van der Waals surface area contributed by atoms with Crippen LogP contribution in [0.1, 0.15) is 27.4 Å². The van der Waals surface area contributed by atoms with Crippen molar-refractivity contribution in [2.45, 2.75) is 12.3 Å². The molecule has 0 radical (unpaired) electrons. The first kappa shape index (κ1) is 14.7. The quantitative estimate of drug-likeness (QED) is 0.887. The third-order valence-electron chi connectivity index (χ3n) is 3.21. The lowest BCUT2D eigenvalue weighted by atomic mass is 9.91. The van der Waals surface area contributed by atoms with Crippen LogP contribution >= 0.6 is 0 Å². The first-order valence-electron chi connectivity index (χ1n) is 6.28. The van der Waals surface area contributed by atoms with Crippen molar-refractivity contribution in [1.82, 2.24) is 0 Å². The van der Waals surface area contributed by atoms with Crippen LogP contribution in [0.4, 0.5) is 4.39 Å². The number of carboxylic acids is 2. The molecule has 0 aliphatic carbocycles. The lowest BCUT2D eigenvalue weighted by molar-refractivity contribution is -0.138. The summed E-state index contributed by atoms with van der Waals surface area (Å²) in [4.78, 5) is 22.2. The lowest BCUT2D eigenvalue weighted by Gasteiger charge is -2.13. The van der Waals surface area contributed by atoms with E-state index in [1.807, 2.05) is 0 Å². The van der Waals surface area contributed by atoms with E-state index in [1.54, 1.807) is 0 Å². The average molecular weight is 288 g/mol. The predicted octanol–water partition coefficient (Wildman–Crippen LogP) is 2.93. The summed E-state index contributed by atoms with van der Waals surface area (Å²) in [5, 5.41) is 18.2. The molecule has 0 bridgehead atoms. The summed E-state index contributed by atoms with van der Waals surface area (Å²) in [7, 11) is 0. The molecule has 0 saturated carbocycles. The number of rotatable bonds is 5. The van der Waals surface area contributed by atoms with E-state index in [9.17, 15) is 19.1 Å². The highest BCUT2D eigenvalue weighted by Gasteiger charge is 2.20. The van der Waals surface area contributed by atoms with Crippen LogP contribution in [0.15, 0.2) is 48.5 Å². The molecule has 0 amide bonds. The Bertz CT molecular complexity index is 647. The van der Waals surface area contributed by atoms with Gasteiger partial charge in [-0.3, -0.25) is 4.79 Å². The summed E-state index contributed by atoms with van der Waals surface area (Å²) >= 11 is 0. The average Bonchev–Trinajstić information content (AvgIpc) is 2.46. The second-order valence-corrected chi connectivity index (χ2v) is 4.65. The number of halogens is 1. The minimum absolute atomic E-state index is 0.102. The van der Waals surface area contributed by atoms with Gasteiger partial charge in [0.25, 0.3) is 0 Å². The van der Waals surface area contributed by atoms with Gasteiger partial charge < -0.3 is 10.2 Å². The number of hydrogen-bond acceptors (Lipinski definition) is 2. The van der Waals surface area contributed by atoms with Gasteiger partial charge in [0.15, 0.2) is 0 Å². The standard InChI is InChI=1S/C16H13FO4/c17-13-7-1-10(2-8-13)9-14(16(20)21)11-3-5-12(6-4-11)15(18)19/h1-8,14H,9H2,(H,18,19)(H,20,21). The van der Waals surface area contributed by atoms with E-state index in [1.165, 1.54) is 48.5 Å². The summed E-state index contributed by atoms with van der Waals surface area (Å²) in [5.41, 5.74) is 1.31. The maximum Gasteiger partial charge on any atom is 0.335 e. The van der Waals surface area contributed by atoms with Crippen LogP contribution in [0.25, 0.3) is 0 Å². The third kappa shape index (κ3) is 3.66. The zero-order chi connectivity index (χ0) is 15.4. The van der Waals surface area contributed by atoms with Crippen molar-refractivity contribution in [2.24, 2.45) is 0 Å². The van der Waals surface area contributed by atoms with Crippen molar-refractivity contribution in [2.75, 3.05) is 0 Å². The van der Waals surface area contributed by atoms with E-state index >= 15 is 0 Å². The number of hydrogen-bond donors (Lipinski definition) is 2. The third-order valence-corrected chi connectivity index (χ3v) is 3.21. The Morgan fingerprint density at radius 2 is 1.52 bits per heavy atom. The van der Waals surface area contributed by atoms with E-state index < -0.39 is 17.9 Å². The molecule has 0 fully saturated rings. The van der Waals surface area contributed by atoms with Crippen LogP contribution in [0, 0.1) is 5.82 Å². The Morgan fingerprint density at radius 1 is 0.952 bits per heavy atom. The zero-order valence-corrected chi connectivity index (χ0v) is 11.0. The second-order valence-electron chi connectivity index (χ2n) is 4.65. The van der Waals surface area contributed by atoms with Crippen molar-refractivity contribution in [3.8, 4) is 0 Å². The molecular formula is C16H13FO4.